The Balaban J connectivity index is 2.30. The van der Waals surface area contributed by atoms with Crippen molar-refractivity contribution in [1.29, 1.82) is 0 Å². The number of aryl methyl sites for hydroxylation is 2. The van der Waals surface area contributed by atoms with Gasteiger partial charge in [-0.05, 0) is 26.0 Å². The van der Waals surface area contributed by atoms with Gasteiger partial charge >= 0.3 is 0 Å². The molecule has 18 heavy (non-hydrogen) atoms. The van der Waals surface area contributed by atoms with E-state index in [0.717, 1.165) is 11.5 Å². The van der Waals surface area contributed by atoms with E-state index in [2.05, 4.69) is 15.5 Å². The lowest BCUT2D eigenvalue weighted by atomic mass is 10.2. The first-order valence-electron chi connectivity index (χ1n) is 5.52. The molecule has 0 aliphatic heterocycles. The Kier molecular flexibility index (Phi) is 3.47. The number of hydrogen-bond donors (Lipinski definition) is 2. The standard InChI is InChI=1S/C12H15N3O3/c1-7-4-5-9(18-7)12-11(8(2)14-15-12)13-10(16)6-17-3/h4-5H,6H2,1-3H3,(H,13,16)(H,14,15). The molecule has 0 aliphatic carbocycles. The minimum Gasteiger partial charge on any atom is -0.460 e. The third kappa shape index (κ3) is 2.43. The minimum atomic E-state index is -0.230. The molecule has 0 atom stereocenters. The summed E-state index contributed by atoms with van der Waals surface area (Å²) in [5.74, 6) is 1.18. The number of amides is 1. The number of nitrogens with zero attached hydrogens (tertiary/aromatic N) is 1. The minimum absolute atomic E-state index is 0.00123. The van der Waals surface area contributed by atoms with Gasteiger partial charge in [0, 0.05) is 7.11 Å². The summed E-state index contributed by atoms with van der Waals surface area (Å²) >= 11 is 0. The summed E-state index contributed by atoms with van der Waals surface area (Å²) in [6, 6.07) is 3.66. The Hall–Kier alpha value is -2.08. The second kappa shape index (κ2) is 5.05. The SMILES string of the molecule is COCC(=O)Nc1c(-c2ccc(C)o2)n[nH]c1C. The predicted molar refractivity (Wildman–Crippen MR) is 66.3 cm³/mol. The zero-order valence-corrected chi connectivity index (χ0v) is 10.5. The zero-order valence-electron chi connectivity index (χ0n) is 10.5. The van der Waals surface area contributed by atoms with Gasteiger partial charge in [0.15, 0.2) is 11.5 Å². The first-order valence-corrected chi connectivity index (χ1v) is 5.52. The van der Waals surface area contributed by atoms with Crippen LogP contribution >= 0.6 is 0 Å². The number of furan rings is 1. The number of aromatic nitrogens is 2. The maximum absolute atomic E-state index is 11.5. The Labute approximate surface area is 104 Å². The Morgan fingerprint density at radius 3 is 2.89 bits per heavy atom. The van der Waals surface area contributed by atoms with Crippen molar-refractivity contribution in [2.45, 2.75) is 13.8 Å². The quantitative estimate of drug-likeness (QED) is 0.866. The summed E-state index contributed by atoms with van der Waals surface area (Å²) < 4.78 is 10.3. The molecule has 0 aromatic carbocycles. The van der Waals surface area contributed by atoms with Gasteiger partial charge in [-0.2, -0.15) is 5.10 Å². The number of carbonyl (C=O) groups excluding carboxylic acids is 1. The normalized spacial score (nSPS) is 10.6. The van der Waals surface area contributed by atoms with Gasteiger partial charge in [0.1, 0.15) is 12.4 Å². The van der Waals surface area contributed by atoms with Gasteiger partial charge in [-0.3, -0.25) is 9.89 Å². The molecular weight excluding hydrogens is 234 g/mol. The highest BCUT2D eigenvalue weighted by Gasteiger charge is 2.17. The number of H-pyrrole nitrogens is 1. The van der Waals surface area contributed by atoms with Gasteiger partial charge in [0.2, 0.25) is 5.91 Å². The molecule has 1 amide bonds. The van der Waals surface area contributed by atoms with Gasteiger partial charge in [0.05, 0.1) is 11.4 Å². The van der Waals surface area contributed by atoms with Gasteiger partial charge in [-0.15, -0.1) is 0 Å². The molecule has 6 heteroatoms. The van der Waals surface area contributed by atoms with E-state index in [-0.39, 0.29) is 12.5 Å². The Morgan fingerprint density at radius 1 is 1.50 bits per heavy atom. The van der Waals surface area contributed by atoms with Crippen molar-refractivity contribution in [2.24, 2.45) is 0 Å². The first-order chi connectivity index (χ1) is 8.61. The van der Waals surface area contributed by atoms with Crippen LogP contribution in [0.3, 0.4) is 0 Å². The van der Waals surface area contributed by atoms with Crippen LogP contribution < -0.4 is 5.32 Å². The van der Waals surface area contributed by atoms with Crippen molar-refractivity contribution in [3.8, 4) is 11.5 Å². The molecule has 0 unspecified atom stereocenters. The number of hydrogen-bond acceptors (Lipinski definition) is 4. The monoisotopic (exact) mass is 249 g/mol. The van der Waals surface area contributed by atoms with Crippen LogP contribution in [0.15, 0.2) is 16.5 Å². The van der Waals surface area contributed by atoms with Crippen molar-refractivity contribution in [2.75, 3.05) is 19.0 Å². The molecule has 2 rings (SSSR count). The van der Waals surface area contributed by atoms with Crippen LogP contribution in [0.5, 0.6) is 0 Å². The molecule has 2 aromatic rings. The lowest BCUT2D eigenvalue weighted by Crippen LogP contribution is -2.17. The highest BCUT2D eigenvalue weighted by Crippen LogP contribution is 2.29. The molecule has 6 nitrogen and oxygen atoms in total. The fourth-order valence-corrected chi connectivity index (χ4v) is 1.63. The number of nitrogens with one attached hydrogen (secondary N) is 2. The zero-order chi connectivity index (χ0) is 13.1. The summed E-state index contributed by atoms with van der Waals surface area (Å²) in [5, 5.41) is 9.71. The van der Waals surface area contributed by atoms with Crippen LogP contribution in [0.1, 0.15) is 11.5 Å². The highest BCUT2D eigenvalue weighted by molar-refractivity contribution is 5.95. The molecular formula is C12H15N3O3. The molecule has 0 fully saturated rings. The predicted octanol–water partition coefficient (Wildman–Crippen LogP) is 1.87. The largest absolute Gasteiger partial charge is 0.460 e. The number of rotatable bonds is 4. The summed E-state index contributed by atoms with van der Waals surface area (Å²) in [7, 11) is 1.47. The molecule has 0 saturated carbocycles. The summed E-state index contributed by atoms with van der Waals surface area (Å²) in [6.07, 6.45) is 0. The Morgan fingerprint density at radius 2 is 2.28 bits per heavy atom. The third-order valence-electron chi connectivity index (χ3n) is 2.46. The molecule has 2 N–H and O–H groups in total. The van der Waals surface area contributed by atoms with Crippen molar-refractivity contribution in [3.63, 3.8) is 0 Å². The molecule has 0 aliphatic rings. The van der Waals surface area contributed by atoms with E-state index in [0.29, 0.717) is 17.1 Å². The number of carbonyl (C=O) groups is 1. The summed E-state index contributed by atoms with van der Waals surface area (Å²) in [4.78, 5) is 11.5. The van der Waals surface area contributed by atoms with Crippen molar-refractivity contribution in [3.05, 3.63) is 23.6 Å². The average molecular weight is 249 g/mol. The summed E-state index contributed by atoms with van der Waals surface area (Å²) in [6.45, 7) is 3.68. The smallest absolute Gasteiger partial charge is 0.250 e. The van der Waals surface area contributed by atoms with E-state index in [1.807, 2.05) is 26.0 Å². The van der Waals surface area contributed by atoms with Gasteiger partial charge in [-0.25, -0.2) is 0 Å². The van der Waals surface area contributed by atoms with E-state index in [9.17, 15) is 4.79 Å². The lowest BCUT2D eigenvalue weighted by molar-refractivity contribution is -0.119. The second-order valence-electron chi connectivity index (χ2n) is 3.96. The Bertz CT molecular complexity index is 557. The lowest BCUT2D eigenvalue weighted by Gasteiger charge is -2.04. The van der Waals surface area contributed by atoms with E-state index >= 15 is 0 Å². The molecule has 96 valence electrons. The number of methoxy groups -OCH3 is 1. The van der Waals surface area contributed by atoms with Crippen LogP contribution in [-0.2, 0) is 9.53 Å². The van der Waals surface area contributed by atoms with Gasteiger partial charge in [0.25, 0.3) is 0 Å². The number of anilines is 1. The van der Waals surface area contributed by atoms with Crippen LogP contribution in [0, 0.1) is 13.8 Å². The van der Waals surface area contributed by atoms with Crippen molar-refractivity contribution >= 4 is 11.6 Å². The van der Waals surface area contributed by atoms with Gasteiger partial charge in [-0.1, -0.05) is 0 Å². The molecule has 0 radical (unpaired) electrons. The second-order valence-corrected chi connectivity index (χ2v) is 3.96. The van der Waals surface area contributed by atoms with Crippen molar-refractivity contribution in [1.82, 2.24) is 10.2 Å². The number of ether oxygens (including phenoxy) is 1. The number of aromatic amines is 1. The maximum Gasteiger partial charge on any atom is 0.250 e. The molecule has 0 spiro atoms. The molecule has 0 saturated heterocycles. The maximum atomic E-state index is 11.5. The van der Waals surface area contributed by atoms with Crippen LogP contribution in [0.25, 0.3) is 11.5 Å². The van der Waals surface area contributed by atoms with E-state index in [4.69, 9.17) is 9.15 Å². The highest BCUT2D eigenvalue weighted by atomic mass is 16.5. The molecule has 0 bridgehead atoms. The first kappa shape index (κ1) is 12.4. The average Bonchev–Trinajstić information content (AvgIpc) is 2.87. The fraction of sp³-hybridized carbons (Fsp3) is 0.333. The van der Waals surface area contributed by atoms with E-state index in [1.54, 1.807) is 0 Å². The topological polar surface area (TPSA) is 80.2 Å². The van der Waals surface area contributed by atoms with Gasteiger partial charge < -0.3 is 14.5 Å². The molecule has 2 aromatic heterocycles. The van der Waals surface area contributed by atoms with Crippen molar-refractivity contribution < 1.29 is 13.9 Å². The van der Waals surface area contributed by atoms with E-state index < -0.39 is 0 Å². The summed E-state index contributed by atoms with van der Waals surface area (Å²) in [5.41, 5.74) is 1.97. The van der Waals surface area contributed by atoms with E-state index in [1.165, 1.54) is 7.11 Å². The fourth-order valence-electron chi connectivity index (χ4n) is 1.63. The van der Waals surface area contributed by atoms with Crippen LogP contribution in [0.2, 0.25) is 0 Å². The van der Waals surface area contributed by atoms with Crippen LogP contribution in [0.4, 0.5) is 5.69 Å². The third-order valence-corrected chi connectivity index (χ3v) is 2.46. The van der Waals surface area contributed by atoms with Crippen LogP contribution in [-0.4, -0.2) is 29.8 Å². The molecule has 2 heterocycles.